The Morgan fingerprint density at radius 2 is 2.20 bits per heavy atom. The lowest BCUT2D eigenvalue weighted by atomic mass is 10.2. The minimum atomic E-state index is 0.750. The molecule has 0 unspecified atom stereocenters. The Kier molecular flexibility index (Phi) is 0.974. The fraction of sp³-hybridized carbons (Fsp3) is 0.143. The first-order chi connectivity index (χ1) is 4.88. The number of hydrogen-bond donors (Lipinski definition) is 0. The summed E-state index contributed by atoms with van der Waals surface area (Å²) in [7, 11) is 0. The quantitative estimate of drug-likeness (QED) is 0.548. The SMILES string of the molecule is Cc1cncc2oncc12. The molecule has 0 atom stereocenters. The highest BCUT2D eigenvalue weighted by atomic mass is 16.5. The second-order valence-electron chi connectivity index (χ2n) is 2.19. The van der Waals surface area contributed by atoms with Crippen molar-refractivity contribution in [1.82, 2.24) is 10.1 Å². The second-order valence-corrected chi connectivity index (χ2v) is 2.19. The molecule has 0 bridgehead atoms. The van der Waals surface area contributed by atoms with Crippen LogP contribution in [-0.4, -0.2) is 10.1 Å². The van der Waals surface area contributed by atoms with E-state index in [9.17, 15) is 0 Å². The van der Waals surface area contributed by atoms with E-state index in [1.165, 1.54) is 0 Å². The Morgan fingerprint density at radius 3 is 3.00 bits per heavy atom. The monoisotopic (exact) mass is 134 g/mol. The lowest BCUT2D eigenvalue weighted by Gasteiger charge is -1.88. The molecule has 0 N–H and O–H groups in total. The van der Waals surface area contributed by atoms with Gasteiger partial charge in [-0.25, -0.2) is 0 Å². The van der Waals surface area contributed by atoms with Gasteiger partial charge in [0.15, 0.2) is 5.58 Å². The third-order valence-corrected chi connectivity index (χ3v) is 1.48. The van der Waals surface area contributed by atoms with Crippen molar-refractivity contribution in [3.05, 3.63) is 24.2 Å². The average Bonchev–Trinajstić information content (AvgIpc) is 2.36. The van der Waals surface area contributed by atoms with Gasteiger partial charge in [0.05, 0.1) is 12.4 Å². The summed E-state index contributed by atoms with van der Waals surface area (Å²) in [4.78, 5) is 3.95. The molecule has 0 aliphatic rings. The van der Waals surface area contributed by atoms with Gasteiger partial charge in [-0.05, 0) is 12.5 Å². The van der Waals surface area contributed by atoms with Crippen LogP contribution in [0.1, 0.15) is 5.56 Å². The molecule has 0 aromatic carbocycles. The van der Waals surface area contributed by atoms with Crippen molar-refractivity contribution in [1.29, 1.82) is 0 Å². The topological polar surface area (TPSA) is 38.9 Å². The Morgan fingerprint density at radius 1 is 1.30 bits per heavy atom. The minimum Gasteiger partial charge on any atom is -0.355 e. The van der Waals surface area contributed by atoms with Gasteiger partial charge in [0.2, 0.25) is 0 Å². The number of pyridine rings is 1. The van der Waals surface area contributed by atoms with Crippen molar-refractivity contribution in [2.45, 2.75) is 6.92 Å². The van der Waals surface area contributed by atoms with E-state index in [-0.39, 0.29) is 0 Å². The lowest BCUT2D eigenvalue weighted by molar-refractivity contribution is 0.455. The van der Waals surface area contributed by atoms with Crippen molar-refractivity contribution < 1.29 is 4.52 Å². The van der Waals surface area contributed by atoms with Crippen LogP contribution in [0, 0.1) is 6.92 Å². The van der Waals surface area contributed by atoms with E-state index < -0.39 is 0 Å². The standard InChI is InChI=1S/C7H6N2O/c1-5-2-8-4-7-6(5)3-9-10-7/h2-4H,1H3. The van der Waals surface area contributed by atoms with Crippen LogP contribution < -0.4 is 0 Å². The summed E-state index contributed by atoms with van der Waals surface area (Å²) in [5.41, 5.74) is 1.85. The van der Waals surface area contributed by atoms with Crippen molar-refractivity contribution in [2.24, 2.45) is 0 Å². The lowest BCUT2D eigenvalue weighted by Crippen LogP contribution is -1.74. The fourth-order valence-electron chi connectivity index (χ4n) is 0.924. The van der Waals surface area contributed by atoms with Crippen molar-refractivity contribution in [3.63, 3.8) is 0 Å². The summed E-state index contributed by atoms with van der Waals surface area (Å²) in [6.45, 7) is 1.98. The molecule has 2 rings (SSSR count). The summed E-state index contributed by atoms with van der Waals surface area (Å²) in [6.07, 6.45) is 5.15. The normalized spacial score (nSPS) is 10.5. The van der Waals surface area contributed by atoms with E-state index in [0.717, 1.165) is 16.5 Å². The Hall–Kier alpha value is -1.38. The van der Waals surface area contributed by atoms with Gasteiger partial charge in [0.1, 0.15) is 0 Å². The Balaban J connectivity index is 2.95. The smallest absolute Gasteiger partial charge is 0.185 e. The first-order valence-corrected chi connectivity index (χ1v) is 3.03. The van der Waals surface area contributed by atoms with Crippen LogP contribution in [0.3, 0.4) is 0 Å². The van der Waals surface area contributed by atoms with Crippen LogP contribution in [-0.2, 0) is 0 Å². The summed E-state index contributed by atoms with van der Waals surface area (Å²) in [5.74, 6) is 0. The van der Waals surface area contributed by atoms with Gasteiger partial charge >= 0.3 is 0 Å². The van der Waals surface area contributed by atoms with E-state index in [1.807, 2.05) is 6.92 Å². The van der Waals surface area contributed by atoms with E-state index in [4.69, 9.17) is 4.52 Å². The molecule has 3 heteroatoms. The van der Waals surface area contributed by atoms with Gasteiger partial charge in [-0.3, -0.25) is 4.98 Å². The number of fused-ring (bicyclic) bond motifs is 1. The first-order valence-electron chi connectivity index (χ1n) is 3.03. The molecule has 0 fully saturated rings. The molecule has 50 valence electrons. The van der Waals surface area contributed by atoms with Crippen LogP contribution in [0.5, 0.6) is 0 Å². The molecular weight excluding hydrogens is 128 g/mol. The largest absolute Gasteiger partial charge is 0.355 e. The Labute approximate surface area is 57.7 Å². The second kappa shape index (κ2) is 1.80. The van der Waals surface area contributed by atoms with Gasteiger partial charge in [-0.1, -0.05) is 5.16 Å². The third-order valence-electron chi connectivity index (χ3n) is 1.48. The number of nitrogens with zero attached hydrogens (tertiary/aromatic N) is 2. The highest BCUT2D eigenvalue weighted by Crippen LogP contribution is 2.14. The van der Waals surface area contributed by atoms with Gasteiger partial charge in [-0.2, -0.15) is 0 Å². The summed E-state index contributed by atoms with van der Waals surface area (Å²) < 4.78 is 4.89. The molecule has 0 saturated carbocycles. The van der Waals surface area contributed by atoms with Crippen molar-refractivity contribution >= 4 is 11.0 Å². The molecule has 0 saturated heterocycles. The molecule has 2 aromatic rings. The number of aryl methyl sites for hydroxylation is 1. The zero-order chi connectivity index (χ0) is 6.97. The molecular formula is C7H6N2O. The maximum atomic E-state index is 4.89. The van der Waals surface area contributed by atoms with Gasteiger partial charge in [0.25, 0.3) is 0 Å². The maximum absolute atomic E-state index is 4.89. The average molecular weight is 134 g/mol. The highest BCUT2D eigenvalue weighted by molar-refractivity contribution is 5.77. The van der Waals surface area contributed by atoms with Crippen LogP contribution in [0.2, 0.25) is 0 Å². The highest BCUT2D eigenvalue weighted by Gasteiger charge is 1.98. The van der Waals surface area contributed by atoms with Gasteiger partial charge < -0.3 is 4.52 Å². The summed E-state index contributed by atoms with van der Waals surface area (Å²) in [6, 6.07) is 0. The summed E-state index contributed by atoms with van der Waals surface area (Å²) in [5, 5.41) is 4.68. The van der Waals surface area contributed by atoms with E-state index >= 15 is 0 Å². The van der Waals surface area contributed by atoms with Gasteiger partial charge in [-0.15, -0.1) is 0 Å². The predicted octanol–water partition coefficient (Wildman–Crippen LogP) is 1.53. The molecule has 0 aliphatic carbocycles. The number of rotatable bonds is 0. The molecule has 0 radical (unpaired) electrons. The molecule has 2 aromatic heterocycles. The number of hydrogen-bond acceptors (Lipinski definition) is 3. The zero-order valence-electron chi connectivity index (χ0n) is 5.53. The number of aromatic nitrogens is 2. The van der Waals surface area contributed by atoms with Crippen LogP contribution in [0.4, 0.5) is 0 Å². The fourth-order valence-corrected chi connectivity index (χ4v) is 0.924. The van der Waals surface area contributed by atoms with Crippen LogP contribution >= 0.6 is 0 Å². The minimum absolute atomic E-state index is 0.750. The molecule has 0 spiro atoms. The van der Waals surface area contributed by atoms with E-state index in [0.29, 0.717) is 0 Å². The molecule has 2 heterocycles. The molecule has 10 heavy (non-hydrogen) atoms. The van der Waals surface area contributed by atoms with E-state index in [1.54, 1.807) is 18.6 Å². The molecule has 0 aliphatic heterocycles. The van der Waals surface area contributed by atoms with Crippen molar-refractivity contribution in [3.8, 4) is 0 Å². The molecule has 0 amide bonds. The maximum Gasteiger partial charge on any atom is 0.185 e. The zero-order valence-corrected chi connectivity index (χ0v) is 5.53. The van der Waals surface area contributed by atoms with Gasteiger partial charge in [0, 0.05) is 11.6 Å². The van der Waals surface area contributed by atoms with Crippen molar-refractivity contribution in [2.75, 3.05) is 0 Å². The van der Waals surface area contributed by atoms with Crippen LogP contribution in [0.25, 0.3) is 11.0 Å². The first kappa shape index (κ1) is 5.41. The van der Waals surface area contributed by atoms with E-state index in [2.05, 4.69) is 10.1 Å². The van der Waals surface area contributed by atoms with Crippen LogP contribution in [0.15, 0.2) is 23.1 Å². The Bertz CT molecular complexity index is 353. The third kappa shape index (κ3) is 0.603. The molecule has 3 nitrogen and oxygen atoms in total. The summed E-state index contributed by atoms with van der Waals surface area (Å²) >= 11 is 0. The predicted molar refractivity (Wildman–Crippen MR) is 36.5 cm³/mol.